The summed E-state index contributed by atoms with van der Waals surface area (Å²) in [6.07, 6.45) is 0. The topological polar surface area (TPSA) is 113 Å². The largest absolute Gasteiger partial charge is 0.508 e. The number of rotatable bonds is 4. The van der Waals surface area contributed by atoms with E-state index in [9.17, 15) is 23.1 Å². The highest BCUT2D eigenvalue weighted by Crippen LogP contribution is 2.34. The molecule has 0 atom stereocenters. The molecule has 4 aromatic carbocycles. The third kappa shape index (κ3) is 4.27. The summed E-state index contributed by atoms with van der Waals surface area (Å²) in [6, 6.07) is 24.6. The number of amides is 2. The van der Waals surface area contributed by atoms with Crippen LogP contribution in [-0.4, -0.2) is 25.3 Å². The first kappa shape index (κ1) is 22.4. The van der Waals surface area contributed by atoms with Crippen molar-refractivity contribution in [2.75, 3.05) is 5.32 Å². The highest BCUT2D eigenvalue weighted by molar-refractivity contribution is 7.91. The molecule has 0 fully saturated rings. The monoisotopic (exact) mass is 484 g/mol. The zero-order valence-electron chi connectivity index (χ0n) is 18.4. The molecule has 0 aromatic heterocycles. The quantitative estimate of drug-likeness (QED) is 0.398. The van der Waals surface area contributed by atoms with Gasteiger partial charge in [-0.05, 0) is 65.2 Å². The number of hydrogen-bond acceptors (Lipinski definition) is 5. The molecule has 174 valence electrons. The van der Waals surface area contributed by atoms with Gasteiger partial charge in [-0.1, -0.05) is 42.5 Å². The summed E-state index contributed by atoms with van der Waals surface area (Å²) in [7, 11) is -3.93. The van der Waals surface area contributed by atoms with Crippen molar-refractivity contribution in [3.8, 4) is 16.9 Å². The molecule has 3 N–H and O–H groups in total. The maximum Gasteiger partial charge on any atom is 0.257 e. The average molecular weight is 485 g/mol. The van der Waals surface area contributed by atoms with Gasteiger partial charge in [-0.3, -0.25) is 9.59 Å². The molecule has 0 spiro atoms. The Kier molecular flexibility index (Phi) is 5.58. The minimum Gasteiger partial charge on any atom is -0.508 e. The van der Waals surface area contributed by atoms with E-state index in [2.05, 4.69) is 10.6 Å². The molecule has 7 nitrogen and oxygen atoms in total. The Labute approximate surface area is 202 Å². The van der Waals surface area contributed by atoms with Crippen LogP contribution in [0.25, 0.3) is 11.1 Å². The van der Waals surface area contributed by atoms with Gasteiger partial charge in [0.1, 0.15) is 5.75 Å². The van der Waals surface area contributed by atoms with Gasteiger partial charge in [0.2, 0.25) is 9.84 Å². The van der Waals surface area contributed by atoms with Gasteiger partial charge in [0, 0.05) is 12.1 Å². The third-order valence-electron chi connectivity index (χ3n) is 5.78. The van der Waals surface area contributed by atoms with Crippen molar-refractivity contribution in [1.82, 2.24) is 5.32 Å². The lowest BCUT2D eigenvalue weighted by Crippen LogP contribution is -2.23. The Balaban J connectivity index is 1.37. The van der Waals surface area contributed by atoms with Crippen LogP contribution in [0.1, 0.15) is 26.3 Å². The molecular formula is C27H20N2O5S. The van der Waals surface area contributed by atoms with Crippen LogP contribution < -0.4 is 10.6 Å². The second kappa shape index (κ2) is 8.73. The second-order valence-corrected chi connectivity index (χ2v) is 9.98. The van der Waals surface area contributed by atoms with E-state index in [-0.39, 0.29) is 38.9 Å². The Hall–Kier alpha value is -4.43. The maximum atomic E-state index is 13.1. The molecule has 1 aliphatic rings. The number of nitrogens with one attached hydrogen (secondary N) is 2. The number of carbonyl (C=O) groups is 2. The normalized spacial score (nSPS) is 13.7. The van der Waals surface area contributed by atoms with E-state index in [0.29, 0.717) is 0 Å². The molecule has 0 unspecified atom stereocenters. The number of phenolic OH excluding ortho intramolecular Hbond substituents is 1. The number of carbonyl (C=O) groups excluding carboxylic acids is 2. The zero-order valence-corrected chi connectivity index (χ0v) is 19.2. The molecule has 4 aromatic rings. The van der Waals surface area contributed by atoms with E-state index in [4.69, 9.17) is 0 Å². The van der Waals surface area contributed by atoms with E-state index in [0.717, 1.165) is 16.7 Å². The van der Waals surface area contributed by atoms with E-state index >= 15 is 0 Å². The molecule has 0 saturated heterocycles. The highest BCUT2D eigenvalue weighted by Gasteiger charge is 2.31. The molecule has 2 amide bonds. The van der Waals surface area contributed by atoms with Gasteiger partial charge in [0.05, 0.1) is 21.0 Å². The lowest BCUT2D eigenvalue weighted by molar-refractivity contribution is 0.0949. The van der Waals surface area contributed by atoms with Crippen molar-refractivity contribution in [2.45, 2.75) is 16.3 Å². The van der Waals surface area contributed by atoms with Crippen LogP contribution in [0.15, 0.2) is 101 Å². The van der Waals surface area contributed by atoms with Crippen molar-refractivity contribution < 1.29 is 23.1 Å². The number of phenols is 1. The van der Waals surface area contributed by atoms with Gasteiger partial charge in [-0.25, -0.2) is 8.42 Å². The van der Waals surface area contributed by atoms with E-state index in [1.54, 1.807) is 24.3 Å². The molecule has 0 radical (unpaired) electrons. The molecule has 0 saturated carbocycles. The number of anilines is 1. The summed E-state index contributed by atoms with van der Waals surface area (Å²) in [5.41, 5.74) is 3.08. The zero-order chi connectivity index (χ0) is 24.6. The minimum absolute atomic E-state index is 0.0585. The lowest BCUT2D eigenvalue weighted by atomic mass is 10.0. The van der Waals surface area contributed by atoms with Crippen LogP contribution in [0, 0.1) is 0 Å². The van der Waals surface area contributed by atoms with E-state index < -0.39 is 21.7 Å². The molecule has 35 heavy (non-hydrogen) atoms. The summed E-state index contributed by atoms with van der Waals surface area (Å²) in [5, 5.41) is 14.9. The minimum atomic E-state index is -3.93. The Bertz CT molecular complexity index is 1580. The summed E-state index contributed by atoms with van der Waals surface area (Å²) in [6.45, 7) is 0.248. The summed E-state index contributed by atoms with van der Waals surface area (Å²) >= 11 is 0. The molecule has 1 aliphatic heterocycles. The van der Waals surface area contributed by atoms with E-state index in [1.165, 1.54) is 30.3 Å². The van der Waals surface area contributed by atoms with Crippen molar-refractivity contribution in [3.63, 3.8) is 0 Å². The molecule has 0 bridgehead atoms. The van der Waals surface area contributed by atoms with Crippen molar-refractivity contribution >= 4 is 27.3 Å². The maximum absolute atomic E-state index is 13.1. The van der Waals surface area contributed by atoms with Crippen LogP contribution in [0.2, 0.25) is 0 Å². The van der Waals surface area contributed by atoms with Gasteiger partial charge in [-0.2, -0.15) is 0 Å². The fourth-order valence-corrected chi connectivity index (χ4v) is 5.59. The number of aromatic hydroxyl groups is 1. The molecule has 5 rings (SSSR count). The third-order valence-corrected chi connectivity index (χ3v) is 7.65. The molecule has 1 heterocycles. The van der Waals surface area contributed by atoms with E-state index in [1.807, 2.05) is 36.4 Å². The average Bonchev–Trinajstić information content (AvgIpc) is 2.95. The fourth-order valence-electron chi connectivity index (χ4n) is 4.00. The van der Waals surface area contributed by atoms with Crippen molar-refractivity contribution in [3.05, 3.63) is 108 Å². The van der Waals surface area contributed by atoms with Crippen LogP contribution in [0.5, 0.6) is 5.75 Å². The number of sulfone groups is 1. The lowest BCUT2D eigenvalue weighted by Gasteiger charge is -2.11. The Morgan fingerprint density at radius 3 is 2.40 bits per heavy atom. The van der Waals surface area contributed by atoms with Crippen LogP contribution in [0.4, 0.5) is 5.69 Å². The second-order valence-electron chi connectivity index (χ2n) is 8.09. The summed E-state index contributed by atoms with van der Waals surface area (Å²) < 4.78 is 26.2. The molecule has 0 aliphatic carbocycles. The van der Waals surface area contributed by atoms with Crippen molar-refractivity contribution in [1.29, 1.82) is 0 Å². The number of fused-ring (bicyclic) bond motifs is 2. The van der Waals surface area contributed by atoms with Gasteiger partial charge >= 0.3 is 0 Å². The molecule has 8 heteroatoms. The SMILES string of the molecule is O=C(NCc1cccc(-c2ccc(O)cc2)c1)c1ccc2c(c1)NC(=O)c1ccccc1S2(=O)=O. The first-order valence-electron chi connectivity index (χ1n) is 10.8. The fraction of sp³-hybridized carbons (Fsp3) is 0.0370. The molecular weight excluding hydrogens is 464 g/mol. The smallest absolute Gasteiger partial charge is 0.257 e. The number of benzene rings is 4. The van der Waals surface area contributed by atoms with Crippen LogP contribution in [0.3, 0.4) is 0 Å². The standard InChI is InChI=1S/C27H20N2O5S/c30-21-11-8-18(9-12-21)19-5-3-4-17(14-19)16-28-26(31)20-10-13-25-23(15-20)29-27(32)22-6-1-2-7-24(22)35(25,33)34/h1-15,30H,16H2,(H,28,31)(H,29,32). The highest BCUT2D eigenvalue weighted by atomic mass is 32.2. The first-order valence-corrected chi connectivity index (χ1v) is 12.3. The van der Waals surface area contributed by atoms with Crippen molar-refractivity contribution in [2.24, 2.45) is 0 Å². The summed E-state index contributed by atoms with van der Waals surface area (Å²) in [5.74, 6) is -0.770. The summed E-state index contributed by atoms with van der Waals surface area (Å²) in [4.78, 5) is 25.3. The Morgan fingerprint density at radius 2 is 1.60 bits per heavy atom. The Morgan fingerprint density at radius 1 is 0.829 bits per heavy atom. The first-order chi connectivity index (χ1) is 16.8. The predicted molar refractivity (Wildman–Crippen MR) is 131 cm³/mol. The van der Waals surface area contributed by atoms with Crippen LogP contribution >= 0.6 is 0 Å². The van der Waals surface area contributed by atoms with Gasteiger partial charge in [-0.15, -0.1) is 0 Å². The van der Waals surface area contributed by atoms with Gasteiger partial charge in [0.25, 0.3) is 11.8 Å². The van der Waals surface area contributed by atoms with Gasteiger partial charge in [0.15, 0.2) is 0 Å². The van der Waals surface area contributed by atoms with Gasteiger partial charge < -0.3 is 15.7 Å². The number of hydrogen-bond donors (Lipinski definition) is 3. The predicted octanol–water partition coefficient (Wildman–Crippen LogP) is 4.39. The van der Waals surface area contributed by atoms with Crippen LogP contribution in [-0.2, 0) is 16.4 Å².